The van der Waals surface area contributed by atoms with Gasteiger partial charge in [-0.2, -0.15) is 0 Å². The van der Waals surface area contributed by atoms with E-state index in [-0.39, 0.29) is 22.9 Å². The smallest absolute Gasteiger partial charge is 0.204 e. The SMILES string of the molecule is CC1(C)C(=O)C(=O)[C@H]2CC[C@@H]1C2. The van der Waals surface area contributed by atoms with Crippen molar-refractivity contribution in [1.82, 2.24) is 0 Å². The van der Waals surface area contributed by atoms with Gasteiger partial charge in [-0.3, -0.25) is 9.59 Å². The monoisotopic (exact) mass is 166 g/mol. The van der Waals surface area contributed by atoms with Crippen LogP contribution in [0.1, 0.15) is 33.1 Å². The zero-order valence-corrected chi connectivity index (χ0v) is 7.59. The van der Waals surface area contributed by atoms with E-state index >= 15 is 0 Å². The summed E-state index contributed by atoms with van der Waals surface area (Å²) in [4.78, 5) is 23.0. The number of hydrogen-bond acceptors (Lipinski definition) is 2. The molecule has 2 bridgehead atoms. The van der Waals surface area contributed by atoms with Crippen LogP contribution in [0.15, 0.2) is 0 Å². The van der Waals surface area contributed by atoms with Crippen LogP contribution in [0.4, 0.5) is 0 Å². The zero-order valence-electron chi connectivity index (χ0n) is 7.59. The normalized spacial score (nSPS) is 38.8. The van der Waals surface area contributed by atoms with Crippen molar-refractivity contribution in [3.63, 3.8) is 0 Å². The van der Waals surface area contributed by atoms with E-state index in [1.54, 1.807) is 0 Å². The van der Waals surface area contributed by atoms with Crippen LogP contribution < -0.4 is 0 Å². The molecule has 12 heavy (non-hydrogen) atoms. The van der Waals surface area contributed by atoms with Gasteiger partial charge in [0.1, 0.15) is 0 Å². The third kappa shape index (κ3) is 0.809. The molecule has 0 aliphatic heterocycles. The first-order chi connectivity index (χ1) is 5.53. The van der Waals surface area contributed by atoms with E-state index in [1.165, 1.54) is 0 Å². The largest absolute Gasteiger partial charge is 0.291 e. The Kier molecular flexibility index (Phi) is 1.45. The Hall–Kier alpha value is -0.660. The predicted octanol–water partition coefficient (Wildman–Crippen LogP) is 1.58. The van der Waals surface area contributed by atoms with Gasteiger partial charge in [-0.15, -0.1) is 0 Å². The molecule has 0 spiro atoms. The fraction of sp³-hybridized carbons (Fsp3) is 0.800. The van der Waals surface area contributed by atoms with Gasteiger partial charge in [0.05, 0.1) is 0 Å². The van der Waals surface area contributed by atoms with Crippen molar-refractivity contribution in [2.75, 3.05) is 0 Å². The Balaban J connectivity index is 2.39. The number of rotatable bonds is 0. The number of carbonyl (C=O) groups is 2. The molecule has 2 fully saturated rings. The highest BCUT2D eigenvalue weighted by Gasteiger charge is 2.51. The maximum Gasteiger partial charge on any atom is 0.204 e. The van der Waals surface area contributed by atoms with Gasteiger partial charge < -0.3 is 0 Å². The minimum atomic E-state index is -0.371. The molecule has 0 aromatic heterocycles. The molecule has 2 saturated carbocycles. The topological polar surface area (TPSA) is 34.1 Å². The summed E-state index contributed by atoms with van der Waals surface area (Å²) in [6, 6.07) is 0. The van der Waals surface area contributed by atoms with Crippen LogP contribution >= 0.6 is 0 Å². The molecule has 0 aromatic carbocycles. The van der Waals surface area contributed by atoms with Gasteiger partial charge in [0.25, 0.3) is 0 Å². The molecule has 2 aliphatic carbocycles. The van der Waals surface area contributed by atoms with Gasteiger partial charge >= 0.3 is 0 Å². The molecule has 0 heterocycles. The Morgan fingerprint density at radius 1 is 1.25 bits per heavy atom. The van der Waals surface area contributed by atoms with Gasteiger partial charge in [-0.25, -0.2) is 0 Å². The highest BCUT2D eigenvalue weighted by molar-refractivity contribution is 6.40. The predicted molar refractivity (Wildman–Crippen MR) is 44.6 cm³/mol. The first kappa shape index (κ1) is 7.96. The Morgan fingerprint density at radius 3 is 2.58 bits per heavy atom. The summed E-state index contributed by atoms with van der Waals surface area (Å²) in [5, 5.41) is 0. The second kappa shape index (κ2) is 2.18. The minimum absolute atomic E-state index is 0.0792. The average Bonchev–Trinajstić information content (AvgIpc) is 2.46. The van der Waals surface area contributed by atoms with E-state index < -0.39 is 0 Å². The summed E-state index contributed by atoms with van der Waals surface area (Å²) >= 11 is 0. The standard InChI is InChI=1S/C10H14O2/c1-10(2)7-4-3-6(5-7)8(11)9(10)12/h6-7H,3-5H2,1-2H3/t6-,7+/m0/s1. The number of fused-ring (bicyclic) bond motifs is 2. The number of Topliss-reactive ketones (excluding diaryl/α,β-unsaturated/α-hetero) is 2. The summed E-state index contributed by atoms with van der Waals surface area (Å²) < 4.78 is 0. The second-order valence-electron chi connectivity index (χ2n) is 4.62. The van der Waals surface area contributed by atoms with Gasteiger partial charge in [0.2, 0.25) is 11.6 Å². The van der Waals surface area contributed by atoms with E-state index in [1.807, 2.05) is 13.8 Å². The van der Waals surface area contributed by atoms with Crippen molar-refractivity contribution in [2.45, 2.75) is 33.1 Å². The summed E-state index contributed by atoms with van der Waals surface area (Å²) in [6.07, 6.45) is 2.96. The summed E-state index contributed by atoms with van der Waals surface area (Å²) in [5.41, 5.74) is -0.371. The van der Waals surface area contributed by atoms with E-state index in [4.69, 9.17) is 0 Å². The van der Waals surface area contributed by atoms with Crippen LogP contribution in [-0.2, 0) is 9.59 Å². The van der Waals surface area contributed by atoms with Crippen molar-refractivity contribution in [3.05, 3.63) is 0 Å². The van der Waals surface area contributed by atoms with Crippen LogP contribution in [0.25, 0.3) is 0 Å². The van der Waals surface area contributed by atoms with Crippen LogP contribution in [0, 0.1) is 17.3 Å². The van der Waals surface area contributed by atoms with Gasteiger partial charge in [-0.1, -0.05) is 13.8 Å². The van der Waals surface area contributed by atoms with Crippen LogP contribution in [0.3, 0.4) is 0 Å². The molecule has 2 atom stereocenters. The lowest BCUT2D eigenvalue weighted by Crippen LogP contribution is -2.42. The van der Waals surface area contributed by atoms with E-state index in [0.29, 0.717) is 5.92 Å². The minimum Gasteiger partial charge on any atom is -0.291 e. The number of carbonyl (C=O) groups excluding carboxylic acids is 2. The molecule has 2 rings (SSSR count). The van der Waals surface area contributed by atoms with E-state index in [2.05, 4.69) is 0 Å². The highest BCUT2D eigenvalue weighted by Crippen LogP contribution is 2.48. The van der Waals surface area contributed by atoms with Crippen LogP contribution in [0.2, 0.25) is 0 Å². The molecule has 0 amide bonds. The van der Waals surface area contributed by atoms with Crippen molar-refractivity contribution in [1.29, 1.82) is 0 Å². The van der Waals surface area contributed by atoms with Crippen LogP contribution in [0.5, 0.6) is 0 Å². The average molecular weight is 166 g/mol. The Labute approximate surface area is 72.3 Å². The molecule has 0 unspecified atom stereocenters. The van der Waals surface area contributed by atoms with E-state index in [9.17, 15) is 9.59 Å². The van der Waals surface area contributed by atoms with E-state index in [0.717, 1.165) is 19.3 Å². The quantitative estimate of drug-likeness (QED) is 0.512. The van der Waals surface area contributed by atoms with Crippen molar-refractivity contribution in [3.8, 4) is 0 Å². The lowest BCUT2D eigenvalue weighted by molar-refractivity contribution is -0.147. The Bertz CT molecular complexity index is 253. The third-order valence-electron chi connectivity index (χ3n) is 3.63. The zero-order chi connectivity index (χ0) is 8.93. The third-order valence-corrected chi connectivity index (χ3v) is 3.63. The van der Waals surface area contributed by atoms with Crippen LogP contribution in [-0.4, -0.2) is 11.6 Å². The lowest BCUT2D eigenvalue weighted by Gasteiger charge is -2.33. The Morgan fingerprint density at radius 2 is 1.92 bits per heavy atom. The molecule has 2 heteroatoms. The molecular weight excluding hydrogens is 152 g/mol. The molecule has 2 aliphatic rings. The molecule has 0 N–H and O–H groups in total. The molecule has 0 radical (unpaired) electrons. The summed E-state index contributed by atoms with van der Waals surface area (Å²) in [7, 11) is 0. The lowest BCUT2D eigenvalue weighted by atomic mass is 9.68. The molecule has 0 aromatic rings. The first-order valence-corrected chi connectivity index (χ1v) is 4.62. The molecule has 66 valence electrons. The van der Waals surface area contributed by atoms with Crippen molar-refractivity contribution in [2.24, 2.45) is 17.3 Å². The molecule has 0 saturated heterocycles. The van der Waals surface area contributed by atoms with Crippen molar-refractivity contribution >= 4 is 11.6 Å². The van der Waals surface area contributed by atoms with Crippen molar-refractivity contribution < 1.29 is 9.59 Å². The maximum absolute atomic E-state index is 11.6. The summed E-state index contributed by atoms with van der Waals surface area (Å²) in [6.45, 7) is 3.83. The van der Waals surface area contributed by atoms with Gasteiger partial charge in [0, 0.05) is 11.3 Å². The first-order valence-electron chi connectivity index (χ1n) is 4.62. The highest BCUT2D eigenvalue weighted by atomic mass is 16.2. The fourth-order valence-electron chi connectivity index (χ4n) is 2.56. The number of hydrogen-bond donors (Lipinski definition) is 0. The summed E-state index contributed by atoms with van der Waals surface area (Å²) in [5.74, 6) is 0.318. The second-order valence-corrected chi connectivity index (χ2v) is 4.62. The van der Waals surface area contributed by atoms with Gasteiger partial charge in [0.15, 0.2) is 0 Å². The van der Waals surface area contributed by atoms with Gasteiger partial charge in [-0.05, 0) is 25.2 Å². The molecule has 2 nitrogen and oxygen atoms in total. The molecular formula is C10H14O2. The fourth-order valence-corrected chi connectivity index (χ4v) is 2.56. The number of ketones is 2. The maximum atomic E-state index is 11.6.